The number of Topliss-reactive ketones (excluding diaryl/α,β-unsaturated/α-hetero) is 1. The van der Waals surface area contributed by atoms with E-state index in [9.17, 15) is 14.9 Å². The van der Waals surface area contributed by atoms with Gasteiger partial charge in [0, 0.05) is 36.2 Å². The number of aryl methyl sites for hydroxylation is 1. The van der Waals surface area contributed by atoms with Gasteiger partial charge in [-0.2, -0.15) is 0 Å². The predicted octanol–water partition coefficient (Wildman–Crippen LogP) is 4.14. The molecule has 0 aliphatic carbocycles. The van der Waals surface area contributed by atoms with Crippen molar-refractivity contribution in [2.45, 2.75) is 38.8 Å². The van der Waals surface area contributed by atoms with Gasteiger partial charge >= 0.3 is 0 Å². The Morgan fingerprint density at radius 3 is 2.68 bits per heavy atom. The van der Waals surface area contributed by atoms with Crippen molar-refractivity contribution >= 4 is 11.5 Å². The minimum atomic E-state index is -0.351. The zero-order chi connectivity index (χ0) is 17.8. The minimum Gasteiger partial charge on any atom is -0.296 e. The standard InChI is InChI=1S/C20H22N2O3/c1-15-12-16(9-10-19(15)22(24)25)14-21-11-5-8-18(21)13-20(23)17-6-3-2-4-7-17/h2-4,6-7,9-10,12,18H,5,8,11,13-14H2,1H3/t18-/m1/s1. The number of hydrogen-bond donors (Lipinski definition) is 0. The van der Waals surface area contributed by atoms with E-state index in [4.69, 9.17) is 0 Å². The van der Waals surface area contributed by atoms with Crippen molar-refractivity contribution in [3.63, 3.8) is 0 Å². The van der Waals surface area contributed by atoms with Crippen LogP contribution in [0.3, 0.4) is 0 Å². The Balaban J connectivity index is 1.67. The average Bonchev–Trinajstić information content (AvgIpc) is 3.02. The molecule has 0 aromatic heterocycles. The van der Waals surface area contributed by atoms with Gasteiger partial charge in [0.1, 0.15) is 0 Å². The van der Waals surface area contributed by atoms with Gasteiger partial charge in [-0.15, -0.1) is 0 Å². The van der Waals surface area contributed by atoms with Crippen LogP contribution < -0.4 is 0 Å². The van der Waals surface area contributed by atoms with Gasteiger partial charge in [0.15, 0.2) is 5.78 Å². The smallest absolute Gasteiger partial charge is 0.272 e. The number of nitro benzene ring substituents is 1. The quantitative estimate of drug-likeness (QED) is 0.451. The van der Waals surface area contributed by atoms with Crippen LogP contribution in [0, 0.1) is 17.0 Å². The summed E-state index contributed by atoms with van der Waals surface area (Å²) in [4.78, 5) is 25.4. The third kappa shape index (κ3) is 4.12. The van der Waals surface area contributed by atoms with Gasteiger partial charge in [0.2, 0.25) is 0 Å². The Hall–Kier alpha value is -2.53. The van der Waals surface area contributed by atoms with Gasteiger partial charge in [0.25, 0.3) is 5.69 Å². The summed E-state index contributed by atoms with van der Waals surface area (Å²) in [6, 6.07) is 14.9. The first kappa shape index (κ1) is 17.3. The Kier molecular flexibility index (Phi) is 5.24. The molecule has 0 bridgehead atoms. The van der Waals surface area contributed by atoms with Gasteiger partial charge < -0.3 is 0 Å². The molecule has 1 heterocycles. The van der Waals surface area contributed by atoms with E-state index in [1.165, 1.54) is 0 Å². The molecule has 0 N–H and O–H groups in total. The predicted molar refractivity (Wildman–Crippen MR) is 96.7 cm³/mol. The summed E-state index contributed by atoms with van der Waals surface area (Å²) in [7, 11) is 0. The summed E-state index contributed by atoms with van der Waals surface area (Å²) in [5.41, 5.74) is 2.65. The summed E-state index contributed by atoms with van der Waals surface area (Å²) in [6.07, 6.45) is 2.62. The van der Waals surface area contributed by atoms with Crippen molar-refractivity contribution in [1.82, 2.24) is 4.90 Å². The molecular formula is C20H22N2O3. The molecule has 0 spiro atoms. The van der Waals surface area contributed by atoms with E-state index >= 15 is 0 Å². The number of nitrogens with zero attached hydrogens (tertiary/aromatic N) is 2. The minimum absolute atomic E-state index is 0.154. The number of likely N-dealkylation sites (tertiary alicyclic amines) is 1. The molecule has 0 amide bonds. The molecule has 1 saturated heterocycles. The van der Waals surface area contributed by atoms with E-state index in [1.807, 2.05) is 42.5 Å². The molecule has 1 aliphatic heterocycles. The van der Waals surface area contributed by atoms with E-state index < -0.39 is 0 Å². The van der Waals surface area contributed by atoms with E-state index in [0.29, 0.717) is 12.0 Å². The van der Waals surface area contributed by atoms with E-state index in [2.05, 4.69) is 4.90 Å². The Morgan fingerprint density at radius 2 is 2.00 bits per heavy atom. The summed E-state index contributed by atoms with van der Waals surface area (Å²) in [5.74, 6) is 0.178. The molecule has 130 valence electrons. The number of carbonyl (C=O) groups excluding carboxylic acids is 1. The van der Waals surface area contributed by atoms with E-state index in [-0.39, 0.29) is 22.4 Å². The number of ketones is 1. The van der Waals surface area contributed by atoms with Crippen LogP contribution in [0.2, 0.25) is 0 Å². The number of hydrogen-bond acceptors (Lipinski definition) is 4. The average molecular weight is 338 g/mol. The molecule has 5 heteroatoms. The molecule has 0 saturated carbocycles. The summed E-state index contributed by atoms with van der Waals surface area (Å²) >= 11 is 0. The maximum absolute atomic E-state index is 12.5. The molecule has 0 radical (unpaired) electrons. The van der Waals surface area contributed by atoms with Crippen molar-refractivity contribution in [3.05, 3.63) is 75.3 Å². The molecule has 2 aromatic carbocycles. The van der Waals surface area contributed by atoms with Crippen LogP contribution in [0.1, 0.15) is 40.7 Å². The Bertz CT molecular complexity index is 774. The Labute approximate surface area is 147 Å². The van der Waals surface area contributed by atoms with Crippen LogP contribution in [-0.4, -0.2) is 28.2 Å². The topological polar surface area (TPSA) is 63.5 Å². The number of benzene rings is 2. The Morgan fingerprint density at radius 1 is 1.24 bits per heavy atom. The molecule has 2 aromatic rings. The monoisotopic (exact) mass is 338 g/mol. The second-order valence-corrected chi connectivity index (χ2v) is 6.64. The van der Waals surface area contributed by atoms with Crippen LogP contribution in [0.5, 0.6) is 0 Å². The van der Waals surface area contributed by atoms with Crippen LogP contribution in [0.4, 0.5) is 5.69 Å². The highest BCUT2D eigenvalue weighted by molar-refractivity contribution is 5.96. The van der Waals surface area contributed by atoms with E-state index in [0.717, 1.165) is 37.1 Å². The van der Waals surface area contributed by atoms with Gasteiger partial charge in [-0.25, -0.2) is 0 Å². The fourth-order valence-electron chi connectivity index (χ4n) is 3.55. The fourth-order valence-corrected chi connectivity index (χ4v) is 3.55. The van der Waals surface area contributed by atoms with Gasteiger partial charge in [0.05, 0.1) is 4.92 Å². The van der Waals surface area contributed by atoms with Crippen LogP contribution in [0.25, 0.3) is 0 Å². The highest BCUT2D eigenvalue weighted by Gasteiger charge is 2.27. The maximum atomic E-state index is 12.5. The lowest BCUT2D eigenvalue weighted by atomic mass is 10.0. The number of rotatable bonds is 6. The lowest BCUT2D eigenvalue weighted by molar-refractivity contribution is -0.385. The molecule has 0 unspecified atom stereocenters. The normalized spacial score (nSPS) is 17.6. The molecule has 25 heavy (non-hydrogen) atoms. The largest absolute Gasteiger partial charge is 0.296 e. The van der Waals surface area contributed by atoms with Crippen LogP contribution >= 0.6 is 0 Å². The lowest BCUT2D eigenvalue weighted by Gasteiger charge is -2.24. The lowest BCUT2D eigenvalue weighted by Crippen LogP contribution is -2.31. The zero-order valence-electron chi connectivity index (χ0n) is 14.4. The second-order valence-electron chi connectivity index (χ2n) is 6.64. The van der Waals surface area contributed by atoms with E-state index in [1.54, 1.807) is 13.0 Å². The van der Waals surface area contributed by atoms with Crippen molar-refractivity contribution in [3.8, 4) is 0 Å². The first-order chi connectivity index (χ1) is 12.0. The fraction of sp³-hybridized carbons (Fsp3) is 0.350. The molecular weight excluding hydrogens is 316 g/mol. The molecule has 1 aliphatic rings. The van der Waals surface area contributed by atoms with Crippen molar-refractivity contribution in [2.24, 2.45) is 0 Å². The third-order valence-electron chi connectivity index (χ3n) is 4.86. The van der Waals surface area contributed by atoms with Crippen molar-refractivity contribution in [1.29, 1.82) is 0 Å². The molecule has 1 fully saturated rings. The first-order valence-electron chi connectivity index (χ1n) is 8.61. The molecule has 5 nitrogen and oxygen atoms in total. The van der Waals surface area contributed by atoms with Gasteiger partial charge in [-0.1, -0.05) is 36.4 Å². The third-order valence-corrected chi connectivity index (χ3v) is 4.86. The highest BCUT2D eigenvalue weighted by Crippen LogP contribution is 2.26. The first-order valence-corrected chi connectivity index (χ1v) is 8.61. The van der Waals surface area contributed by atoms with Crippen LogP contribution in [-0.2, 0) is 6.54 Å². The van der Waals surface area contributed by atoms with Gasteiger partial charge in [-0.3, -0.25) is 19.8 Å². The molecule has 1 atom stereocenters. The SMILES string of the molecule is Cc1cc(CN2CCC[C@@H]2CC(=O)c2ccccc2)ccc1[N+](=O)[O-]. The summed E-state index contributed by atoms with van der Waals surface area (Å²) in [6.45, 7) is 3.45. The van der Waals surface area contributed by atoms with Gasteiger partial charge in [-0.05, 0) is 37.9 Å². The zero-order valence-corrected chi connectivity index (χ0v) is 14.4. The van der Waals surface area contributed by atoms with Crippen molar-refractivity contribution < 1.29 is 9.72 Å². The molecule has 3 rings (SSSR count). The van der Waals surface area contributed by atoms with Crippen LogP contribution in [0.15, 0.2) is 48.5 Å². The van der Waals surface area contributed by atoms with Crippen molar-refractivity contribution in [2.75, 3.05) is 6.54 Å². The number of carbonyl (C=O) groups is 1. The second kappa shape index (κ2) is 7.57. The highest BCUT2D eigenvalue weighted by atomic mass is 16.6. The number of nitro groups is 1. The summed E-state index contributed by atoms with van der Waals surface area (Å²) < 4.78 is 0. The maximum Gasteiger partial charge on any atom is 0.272 e. The summed E-state index contributed by atoms with van der Waals surface area (Å²) in [5, 5.41) is 10.9.